The van der Waals surface area contributed by atoms with E-state index in [1.807, 2.05) is 0 Å². The number of amides is 2. The standard InChI is InChI=1S/C27H20F3N3O6S/c28-27(29,30)17-4-2-6-19(11-17)32-26-33(13-15-7-8-20-21(9-15)39-14-38-20)23(34)12-22(40-26)24(35)31-18-5-1-3-16(10-18)25(36)37/h1-11,22H,12-14H2,(H,31,35)(H,36,37). The lowest BCUT2D eigenvalue weighted by atomic mass is 10.1. The second-order valence-electron chi connectivity index (χ2n) is 8.80. The van der Waals surface area contributed by atoms with Gasteiger partial charge < -0.3 is 19.9 Å². The molecule has 2 aliphatic heterocycles. The van der Waals surface area contributed by atoms with Crippen LogP contribution >= 0.6 is 11.8 Å². The van der Waals surface area contributed by atoms with E-state index < -0.39 is 34.8 Å². The van der Waals surface area contributed by atoms with E-state index in [9.17, 15) is 32.7 Å². The molecule has 3 aromatic rings. The number of fused-ring (bicyclic) bond motifs is 1. The summed E-state index contributed by atoms with van der Waals surface area (Å²) in [5, 5.41) is 10.9. The number of amidine groups is 1. The van der Waals surface area contributed by atoms with Gasteiger partial charge in [-0.15, -0.1) is 0 Å². The van der Waals surface area contributed by atoms with E-state index in [0.717, 1.165) is 23.9 Å². The van der Waals surface area contributed by atoms with Crippen molar-refractivity contribution in [3.05, 3.63) is 83.4 Å². The highest BCUT2D eigenvalue weighted by molar-refractivity contribution is 8.15. The summed E-state index contributed by atoms with van der Waals surface area (Å²) in [5.41, 5.74) is -0.111. The van der Waals surface area contributed by atoms with Crippen LogP contribution in [0.1, 0.15) is 27.9 Å². The van der Waals surface area contributed by atoms with Crippen molar-refractivity contribution in [3.8, 4) is 11.5 Å². The summed E-state index contributed by atoms with van der Waals surface area (Å²) in [5.74, 6) is -1.19. The summed E-state index contributed by atoms with van der Waals surface area (Å²) >= 11 is 0.924. The van der Waals surface area contributed by atoms with E-state index in [2.05, 4.69) is 10.3 Å². The van der Waals surface area contributed by atoms with Crippen LogP contribution in [0.3, 0.4) is 0 Å². The Morgan fingerprint density at radius 3 is 2.60 bits per heavy atom. The SMILES string of the molecule is O=C(O)c1cccc(NC(=O)C2CC(=O)N(Cc3ccc4c(c3)OCO4)C(=Nc3cccc(C(F)(F)F)c3)S2)c1. The van der Waals surface area contributed by atoms with Gasteiger partial charge in [0, 0.05) is 12.1 Å². The van der Waals surface area contributed by atoms with Gasteiger partial charge in [0.2, 0.25) is 18.6 Å². The van der Waals surface area contributed by atoms with Crippen LogP contribution in [0, 0.1) is 0 Å². The van der Waals surface area contributed by atoms with Gasteiger partial charge in [-0.25, -0.2) is 9.79 Å². The molecule has 1 atom stereocenters. The van der Waals surface area contributed by atoms with E-state index in [4.69, 9.17) is 9.47 Å². The van der Waals surface area contributed by atoms with Crippen LogP contribution in [0.25, 0.3) is 0 Å². The number of hydrogen-bond acceptors (Lipinski definition) is 7. The number of thioether (sulfide) groups is 1. The molecule has 5 rings (SSSR count). The molecule has 13 heteroatoms. The zero-order chi connectivity index (χ0) is 28.4. The third kappa shape index (κ3) is 6.04. The molecule has 2 heterocycles. The highest BCUT2D eigenvalue weighted by Crippen LogP contribution is 2.36. The lowest BCUT2D eigenvalue weighted by Gasteiger charge is -2.32. The number of rotatable bonds is 6. The Balaban J connectivity index is 1.44. The number of carboxylic acid groups (broad SMARTS) is 1. The third-order valence-electron chi connectivity index (χ3n) is 5.99. The average Bonchev–Trinajstić information content (AvgIpc) is 3.38. The van der Waals surface area contributed by atoms with Crippen LogP contribution < -0.4 is 14.8 Å². The summed E-state index contributed by atoms with van der Waals surface area (Å²) in [4.78, 5) is 43.3. The minimum Gasteiger partial charge on any atom is -0.478 e. The summed E-state index contributed by atoms with van der Waals surface area (Å²) in [6.07, 6.45) is -4.81. The number of nitrogens with one attached hydrogen (secondary N) is 1. The van der Waals surface area contributed by atoms with Crippen LogP contribution in [-0.2, 0) is 22.3 Å². The average molecular weight is 572 g/mol. The molecule has 2 aliphatic rings. The van der Waals surface area contributed by atoms with E-state index in [1.54, 1.807) is 18.2 Å². The Hall–Kier alpha value is -4.52. The minimum absolute atomic E-state index is 0.0231. The number of ether oxygens (including phenoxy) is 2. The number of carboxylic acids is 1. The molecule has 9 nitrogen and oxygen atoms in total. The largest absolute Gasteiger partial charge is 0.478 e. The summed E-state index contributed by atoms with van der Waals surface area (Å²) in [7, 11) is 0. The first kappa shape index (κ1) is 27.1. The van der Waals surface area contributed by atoms with E-state index in [-0.39, 0.29) is 41.9 Å². The molecule has 0 saturated carbocycles. The van der Waals surface area contributed by atoms with Gasteiger partial charge in [0.15, 0.2) is 16.7 Å². The van der Waals surface area contributed by atoms with E-state index in [0.29, 0.717) is 17.1 Å². The zero-order valence-electron chi connectivity index (χ0n) is 20.5. The number of alkyl halides is 3. The second-order valence-corrected chi connectivity index (χ2v) is 9.97. The lowest BCUT2D eigenvalue weighted by molar-refractivity contribution is -0.137. The molecule has 0 aliphatic carbocycles. The number of aliphatic imine (C=N–C) groups is 1. The Labute approximate surface area is 229 Å². The first-order valence-corrected chi connectivity index (χ1v) is 12.7. The van der Waals surface area contributed by atoms with Gasteiger partial charge in [-0.1, -0.05) is 30.0 Å². The maximum absolute atomic E-state index is 13.3. The highest BCUT2D eigenvalue weighted by atomic mass is 32.2. The topological polar surface area (TPSA) is 118 Å². The maximum Gasteiger partial charge on any atom is 0.416 e. The molecule has 0 bridgehead atoms. The van der Waals surface area contributed by atoms with Crippen LogP contribution in [0.15, 0.2) is 71.7 Å². The molecule has 3 aromatic carbocycles. The molecule has 0 spiro atoms. The van der Waals surface area contributed by atoms with Crippen molar-refractivity contribution < 1.29 is 42.1 Å². The summed E-state index contributed by atoms with van der Waals surface area (Å²) in [6.45, 7) is 0.0843. The Kier molecular flexibility index (Phi) is 7.39. The van der Waals surface area contributed by atoms with Crippen LogP contribution in [0.5, 0.6) is 11.5 Å². The fraction of sp³-hybridized carbons (Fsp3) is 0.185. The maximum atomic E-state index is 13.3. The molecule has 40 heavy (non-hydrogen) atoms. The predicted octanol–water partition coefficient (Wildman–Crippen LogP) is 5.29. The number of nitrogens with zero attached hydrogens (tertiary/aromatic N) is 2. The van der Waals surface area contributed by atoms with Gasteiger partial charge in [-0.3, -0.25) is 14.5 Å². The molecular formula is C27H20F3N3O6S. The molecule has 2 amide bonds. The monoisotopic (exact) mass is 571 g/mol. The number of hydrogen-bond donors (Lipinski definition) is 2. The first-order chi connectivity index (χ1) is 19.1. The fourth-order valence-corrected chi connectivity index (χ4v) is 5.13. The Bertz CT molecular complexity index is 1530. The van der Waals surface area contributed by atoms with Gasteiger partial charge in [-0.2, -0.15) is 13.2 Å². The Morgan fingerprint density at radius 2 is 1.82 bits per heavy atom. The third-order valence-corrected chi connectivity index (χ3v) is 7.17. The van der Waals surface area contributed by atoms with Crippen molar-refractivity contribution in [3.63, 3.8) is 0 Å². The quantitative estimate of drug-likeness (QED) is 0.413. The molecular weight excluding hydrogens is 551 g/mol. The van der Waals surface area contributed by atoms with Gasteiger partial charge in [0.1, 0.15) is 5.25 Å². The molecule has 1 unspecified atom stereocenters. The van der Waals surface area contributed by atoms with Crippen LogP contribution in [0.2, 0.25) is 0 Å². The van der Waals surface area contributed by atoms with Gasteiger partial charge >= 0.3 is 12.1 Å². The van der Waals surface area contributed by atoms with E-state index >= 15 is 0 Å². The second kappa shape index (κ2) is 10.9. The number of anilines is 1. The Morgan fingerprint density at radius 1 is 1.05 bits per heavy atom. The number of carbonyl (C=O) groups is 3. The zero-order valence-corrected chi connectivity index (χ0v) is 21.3. The smallest absolute Gasteiger partial charge is 0.416 e. The van der Waals surface area contributed by atoms with Crippen molar-refractivity contribution in [1.29, 1.82) is 0 Å². The van der Waals surface area contributed by atoms with Crippen molar-refractivity contribution in [2.45, 2.75) is 24.4 Å². The number of carbonyl (C=O) groups excluding carboxylic acids is 2. The molecule has 1 fully saturated rings. The van der Waals surface area contributed by atoms with Crippen molar-refractivity contribution in [2.24, 2.45) is 4.99 Å². The molecule has 206 valence electrons. The molecule has 0 radical (unpaired) electrons. The van der Waals surface area contributed by atoms with Gasteiger partial charge in [-0.05, 0) is 54.1 Å². The van der Waals surface area contributed by atoms with Crippen molar-refractivity contribution in [1.82, 2.24) is 4.90 Å². The number of benzene rings is 3. The number of aromatic carboxylic acids is 1. The highest BCUT2D eigenvalue weighted by Gasteiger charge is 2.37. The van der Waals surface area contributed by atoms with Crippen LogP contribution in [0.4, 0.5) is 24.5 Å². The normalized spacial score (nSPS) is 17.7. The predicted molar refractivity (Wildman–Crippen MR) is 140 cm³/mol. The molecule has 1 saturated heterocycles. The van der Waals surface area contributed by atoms with Crippen LogP contribution in [-0.4, -0.2) is 45.0 Å². The number of halogens is 3. The molecule has 2 N–H and O–H groups in total. The lowest BCUT2D eigenvalue weighted by Crippen LogP contribution is -2.44. The van der Waals surface area contributed by atoms with Crippen molar-refractivity contribution in [2.75, 3.05) is 12.1 Å². The van der Waals surface area contributed by atoms with E-state index in [1.165, 1.54) is 41.3 Å². The van der Waals surface area contributed by atoms with Gasteiger partial charge in [0.05, 0.1) is 23.4 Å². The fourth-order valence-electron chi connectivity index (χ4n) is 4.03. The minimum atomic E-state index is -4.59. The van der Waals surface area contributed by atoms with Crippen molar-refractivity contribution >= 4 is 46.1 Å². The summed E-state index contributed by atoms with van der Waals surface area (Å²) < 4.78 is 50.6. The van der Waals surface area contributed by atoms with Gasteiger partial charge in [0.25, 0.3) is 0 Å². The summed E-state index contributed by atoms with van der Waals surface area (Å²) in [6, 6.07) is 15.1. The molecule has 0 aromatic heterocycles. The first-order valence-electron chi connectivity index (χ1n) is 11.8.